The normalized spacial score (nSPS) is 15.7. The highest BCUT2D eigenvalue weighted by Gasteiger charge is 2.17. The molecule has 3 heteroatoms. The van der Waals surface area contributed by atoms with E-state index in [0.717, 1.165) is 6.42 Å². The van der Waals surface area contributed by atoms with E-state index in [2.05, 4.69) is 33.0 Å². The zero-order valence-corrected chi connectivity index (χ0v) is 10.0. The molecule has 0 heterocycles. The minimum atomic E-state index is -0.365. The Kier molecular flexibility index (Phi) is 5.77. The maximum atomic E-state index is 11.6. The van der Waals surface area contributed by atoms with E-state index in [4.69, 9.17) is 5.73 Å². The van der Waals surface area contributed by atoms with Crippen LogP contribution in [0.3, 0.4) is 0 Å². The van der Waals surface area contributed by atoms with E-state index < -0.39 is 0 Å². The van der Waals surface area contributed by atoms with Crippen molar-refractivity contribution < 1.29 is 4.79 Å². The number of hydrogen-bond donors (Lipinski definition) is 2. The first-order chi connectivity index (χ1) is 6.34. The molecule has 0 saturated heterocycles. The first kappa shape index (κ1) is 13.4. The molecule has 0 fully saturated rings. The zero-order valence-electron chi connectivity index (χ0n) is 10.0. The first-order valence-corrected chi connectivity index (χ1v) is 5.40. The predicted molar refractivity (Wildman–Crippen MR) is 59.9 cm³/mol. The van der Waals surface area contributed by atoms with Crippen LogP contribution < -0.4 is 11.1 Å². The highest BCUT2D eigenvalue weighted by molar-refractivity contribution is 5.81. The Morgan fingerprint density at radius 3 is 2.07 bits per heavy atom. The lowest BCUT2D eigenvalue weighted by atomic mass is 10.0. The van der Waals surface area contributed by atoms with Crippen LogP contribution in [0.1, 0.15) is 41.0 Å². The van der Waals surface area contributed by atoms with E-state index in [9.17, 15) is 4.79 Å². The fourth-order valence-corrected chi connectivity index (χ4v) is 1.11. The molecule has 0 aliphatic rings. The quantitative estimate of drug-likeness (QED) is 0.707. The van der Waals surface area contributed by atoms with Crippen molar-refractivity contribution in [2.75, 3.05) is 0 Å². The summed E-state index contributed by atoms with van der Waals surface area (Å²) in [5, 5.41) is 2.92. The summed E-state index contributed by atoms with van der Waals surface area (Å²) in [7, 11) is 0. The lowest BCUT2D eigenvalue weighted by Gasteiger charge is -2.21. The molecule has 1 unspecified atom stereocenters. The highest BCUT2D eigenvalue weighted by atomic mass is 16.2. The first-order valence-electron chi connectivity index (χ1n) is 5.40. The lowest BCUT2D eigenvalue weighted by Crippen LogP contribution is -2.46. The average Bonchev–Trinajstić information content (AvgIpc) is 2.02. The van der Waals surface area contributed by atoms with Crippen molar-refractivity contribution in [1.29, 1.82) is 0 Å². The van der Waals surface area contributed by atoms with Crippen LogP contribution in [0.4, 0.5) is 0 Å². The van der Waals surface area contributed by atoms with Crippen LogP contribution in [-0.2, 0) is 4.79 Å². The van der Waals surface area contributed by atoms with E-state index in [-0.39, 0.29) is 18.0 Å². The topological polar surface area (TPSA) is 55.1 Å². The van der Waals surface area contributed by atoms with Gasteiger partial charge in [0.1, 0.15) is 0 Å². The van der Waals surface area contributed by atoms with Crippen LogP contribution in [0.25, 0.3) is 0 Å². The van der Waals surface area contributed by atoms with E-state index in [1.54, 1.807) is 0 Å². The van der Waals surface area contributed by atoms with E-state index in [0.29, 0.717) is 11.8 Å². The minimum absolute atomic E-state index is 0.0279. The maximum Gasteiger partial charge on any atom is 0.237 e. The summed E-state index contributed by atoms with van der Waals surface area (Å²) in [4.78, 5) is 11.6. The Bertz CT molecular complexity index is 178. The fourth-order valence-electron chi connectivity index (χ4n) is 1.11. The summed E-state index contributed by atoms with van der Waals surface area (Å²) >= 11 is 0. The third-order valence-corrected chi connectivity index (χ3v) is 2.43. The molecule has 0 aliphatic heterocycles. The van der Waals surface area contributed by atoms with Gasteiger partial charge in [-0.25, -0.2) is 0 Å². The Balaban J connectivity index is 3.95. The third kappa shape index (κ3) is 5.22. The molecular formula is C11H24N2O. The molecule has 0 radical (unpaired) electrons. The maximum absolute atomic E-state index is 11.6. The second-order valence-electron chi connectivity index (χ2n) is 4.78. The van der Waals surface area contributed by atoms with Gasteiger partial charge in [0.05, 0.1) is 6.04 Å². The van der Waals surface area contributed by atoms with Crippen molar-refractivity contribution in [1.82, 2.24) is 5.32 Å². The number of carbonyl (C=O) groups is 1. The molecule has 3 nitrogen and oxygen atoms in total. The van der Waals surface area contributed by atoms with Gasteiger partial charge in [0.2, 0.25) is 5.91 Å². The molecule has 0 aromatic rings. The lowest BCUT2D eigenvalue weighted by molar-refractivity contribution is -0.123. The van der Waals surface area contributed by atoms with Gasteiger partial charge in [-0.05, 0) is 25.2 Å². The molecule has 0 aromatic heterocycles. The SMILES string of the molecule is CC(C)C[C@H](N)C(=O)NC(C)C(C)C. The molecule has 0 bridgehead atoms. The van der Waals surface area contributed by atoms with Crippen molar-refractivity contribution in [2.24, 2.45) is 17.6 Å². The largest absolute Gasteiger partial charge is 0.352 e. The van der Waals surface area contributed by atoms with Crippen LogP contribution in [0.5, 0.6) is 0 Å². The minimum Gasteiger partial charge on any atom is -0.352 e. The predicted octanol–water partition coefficient (Wildman–Crippen LogP) is 1.52. The molecule has 1 amide bonds. The standard InChI is InChI=1S/C11H24N2O/c1-7(2)6-10(12)11(14)13-9(5)8(3)4/h7-10H,6,12H2,1-5H3,(H,13,14)/t9?,10-/m0/s1. The molecule has 14 heavy (non-hydrogen) atoms. The van der Waals surface area contributed by atoms with Crippen LogP contribution in [0.2, 0.25) is 0 Å². The van der Waals surface area contributed by atoms with Crippen molar-refractivity contribution in [3.8, 4) is 0 Å². The van der Waals surface area contributed by atoms with Crippen molar-refractivity contribution in [3.05, 3.63) is 0 Å². The van der Waals surface area contributed by atoms with Gasteiger partial charge in [-0.15, -0.1) is 0 Å². The number of nitrogens with one attached hydrogen (secondary N) is 1. The third-order valence-electron chi connectivity index (χ3n) is 2.43. The van der Waals surface area contributed by atoms with Gasteiger partial charge in [0.25, 0.3) is 0 Å². The van der Waals surface area contributed by atoms with Gasteiger partial charge in [0, 0.05) is 6.04 Å². The van der Waals surface area contributed by atoms with E-state index in [1.807, 2.05) is 6.92 Å². The Morgan fingerprint density at radius 1 is 1.21 bits per heavy atom. The molecule has 2 atom stereocenters. The Hall–Kier alpha value is -0.570. The van der Waals surface area contributed by atoms with Gasteiger partial charge >= 0.3 is 0 Å². The molecular weight excluding hydrogens is 176 g/mol. The smallest absolute Gasteiger partial charge is 0.237 e. The zero-order chi connectivity index (χ0) is 11.3. The van der Waals surface area contributed by atoms with Gasteiger partial charge in [-0.1, -0.05) is 27.7 Å². The van der Waals surface area contributed by atoms with Crippen LogP contribution >= 0.6 is 0 Å². The molecule has 0 rings (SSSR count). The van der Waals surface area contributed by atoms with Crippen molar-refractivity contribution in [2.45, 2.75) is 53.1 Å². The summed E-state index contributed by atoms with van der Waals surface area (Å²) in [5.74, 6) is 0.884. The van der Waals surface area contributed by atoms with Crippen molar-refractivity contribution in [3.63, 3.8) is 0 Å². The average molecular weight is 200 g/mol. The van der Waals surface area contributed by atoms with Gasteiger partial charge in [-0.3, -0.25) is 4.79 Å². The summed E-state index contributed by atoms with van der Waals surface area (Å²) < 4.78 is 0. The van der Waals surface area contributed by atoms with Crippen LogP contribution in [0.15, 0.2) is 0 Å². The molecule has 0 saturated carbocycles. The summed E-state index contributed by atoms with van der Waals surface area (Å²) in [6.45, 7) is 10.3. The summed E-state index contributed by atoms with van der Waals surface area (Å²) in [6, 6.07) is -0.170. The number of amides is 1. The highest BCUT2D eigenvalue weighted by Crippen LogP contribution is 2.04. The van der Waals surface area contributed by atoms with E-state index in [1.165, 1.54) is 0 Å². The Labute approximate surface area is 87.4 Å². The van der Waals surface area contributed by atoms with E-state index >= 15 is 0 Å². The second-order valence-corrected chi connectivity index (χ2v) is 4.78. The Morgan fingerprint density at radius 2 is 1.71 bits per heavy atom. The monoisotopic (exact) mass is 200 g/mol. The summed E-state index contributed by atoms with van der Waals surface area (Å²) in [5.41, 5.74) is 5.75. The van der Waals surface area contributed by atoms with Crippen LogP contribution in [-0.4, -0.2) is 18.0 Å². The molecule has 3 N–H and O–H groups in total. The number of nitrogens with two attached hydrogens (primary N) is 1. The molecule has 0 aromatic carbocycles. The number of rotatable bonds is 5. The van der Waals surface area contributed by atoms with Crippen LogP contribution in [0, 0.1) is 11.8 Å². The van der Waals surface area contributed by atoms with Crippen molar-refractivity contribution >= 4 is 5.91 Å². The van der Waals surface area contributed by atoms with Gasteiger partial charge < -0.3 is 11.1 Å². The molecule has 0 aliphatic carbocycles. The number of carbonyl (C=O) groups excluding carboxylic acids is 1. The molecule has 84 valence electrons. The fraction of sp³-hybridized carbons (Fsp3) is 0.909. The number of hydrogen-bond acceptors (Lipinski definition) is 2. The van der Waals surface area contributed by atoms with Gasteiger partial charge in [0.15, 0.2) is 0 Å². The second kappa shape index (κ2) is 6.02. The molecule has 0 spiro atoms. The van der Waals surface area contributed by atoms with Gasteiger partial charge in [-0.2, -0.15) is 0 Å². The summed E-state index contributed by atoms with van der Waals surface area (Å²) in [6.07, 6.45) is 0.747.